The molecule has 32 heavy (non-hydrogen) atoms. The highest BCUT2D eigenvalue weighted by Gasteiger charge is 2.61. The molecule has 176 valence electrons. The number of sulfonamides is 1. The second-order valence-electron chi connectivity index (χ2n) is 9.75. The van der Waals surface area contributed by atoms with Crippen molar-refractivity contribution in [3.63, 3.8) is 0 Å². The molecular formula is C23H34N4O4S. The van der Waals surface area contributed by atoms with Crippen LogP contribution in [0.3, 0.4) is 0 Å². The summed E-state index contributed by atoms with van der Waals surface area (Å²) in [6, 6.07) is 3.39. The van der Waals surface area contributed by atoms with Crippen LogP contribution in [0.2, 0.25) is 0 Å². The molecule has 3 fully saturated rings. The Morgan fingerprint density at radius 2 is 1.75 bits per heavy atom. The zero-order chi connectivity index (χ0) is 23.1. The largest absolute Gasteiger partial charge is 0.379 e. The topological polar surface area (TPSA) is 83.1 Å². The fourth-order valence-corrected chi connectivity index (χ4v) is 6.17. The van der Waals surface area contributed by atoms with Gasteiger partial charge < -0.3 is 14.5 Å². The highest BCUT2D eigenvalue weighted by Crippen LogP contribution is 2.60. The van der Waals surface area contributed by atoms with Crippen molar-refractivity contribution in [2.45, 2.75) is 32.6 Å². The predicted octanol–water partition coefficient (Wildman–Crippen LogP) is 1.99. The molecule has 1 saturated carbocycles. The van der Waals surface area contributed by atoms with E-state index in [1.165, 1.54) is 16.1 Å². The first-order chi connectivity index (χ1) is 15.1. The van der Waals surface area contributed by atoms with Gasteiger partial charge in [-0.2, -0.15) is 4.31 Å². The highest BCUT2D eigenvalue weighted by molar-refractivity contribution is 7.89. The molecule has 0 unspecified atom stereocenters. The molecule has 3 heterocycles. The summed E-state index contributed by atoms with van der Waals surface area (Å²) in [5, 5.41) is 0. The lowest BCUT2D eigenvalue weighted by molar-refractivity contribution is -0.133. The van der Waals surface area contributed by atoms with Crippen molar-refractivity contribution < 1.29 is 17.9 Å². The van der Waals surface area contributed by atoms with E-state index in [4.69, 9.17) is 4.74 Å². The van der Waals surface area contributed by atoms with Crippen molar-refractivity contribution in [3.8, 4) is 0 Å². The van der Waals surface area contributed by atoms with Gasteiger partial charge in [-0.1, -0.05) is 25.5 Å². The highest BCUT2D eigenvalue weighted by atomic mass is 32.2. The van der Waals surface area contributed by atoms with Crippen LogP contribution in [0, 0.1) is 17.3 Å². The second-order valence-corrected chi connectivity index (χ2v) is 11.7. The van der Waals surface area contributed by atoms with Gasteiger partial charge in [-0.05, 0) is 37.3 Å². The third-order valence-electron chi connectivity index (χ3n) is 6.93. The molecule has 4 rings (SSSR count). The van der Waals surface area contributed by atoms with Gasteiger partial charge in [0.15, 0.2) is 0 Å². The standard InChI is InChI=1S/C23H34N4O4S/c1-17(2)15-19-21(23(19,3)4)22(28)26-9-7-25(8-10-26)20-6-5-18(16-24-20)32(29,30)27-11-13-31-14-12-27/h5-6,15-16,19,21H,7-14H2,1-4H3/t19-,21-/m1/s1. The molecular weight excluding hydrogens is 428 g/mol. The molecule has 2 atom stereocenters. The van der Waals surface area contributed by atoms with Crippen LogP contribution in [0.25, 0.3) is 0 Å². The Bertz CT molecular complexity index is 972. The van der Waals surface area contributed by atoms with E-state index in [1.54, 1.807) is 12.1 Å². The summed E-state index contributed by atoms with van der Waals surface area (Å²) in [5.41, 5.74) is 1.28. The normalized spacial score (nSPS) is 26.0. The molecule has 2 aliphatic heterocycles. The van der Waals surface area contributed by atoms with Crippen LogP contribution in [-0.2, 0) is 19.6 Å². The number of allylic oxidation sites excluding steroid dienone is 2. The SMILES string of the molecule is CC(C)=C[C@@H]1[C@H](C(=O)N2CCN(c3ccc(S(=O)(=O)N4CCOCC4)cn3)CC2)C1(C)C. The molecule has 0 N–H and O–H groups in total. The van der Waals surface area contributed by atoms with E-state index in [0.29, 0.717) is 58.4 Å². The van der Waals surface area contributed by atoms with Gasteiger partial charge in [0.05, 0.1) is 19.1 Å². The van der Waals surface area contributed by atoms with Crippen LogP contribution < -0.4 is 4.90 Å². The average Bonchev–Trinajstić information content (AvgIpc) is 3.32. The maximum atomic E-state index is 13.1. The number of hydrogen-bond acceptors (Lipinski definition) is 6. The summed E-state index contributed by atoms with van der Waals surface area (Å²) in [5.74, 6) is 1.37. The Hall–Kier alpha value is -1.97. The number of ether oxygens (including phenoxy) is 1. The van der Waals surface area contributed by atoms with Crippen molar-refractivity contribution in [2.24, 2.45) is 17.3 Å². The van der Waals surface area contributed by atoms with Gasteiger partial charge in [0.25, 0.3) is 0 Å². The number of aromatic nitrogens is 1. The number of amides is 1. The molecule has 0 aromatic carbocycles. The Morgan fingerprint density at radius 3 is 2.31 bits per heavy atom. The van der Waals surface area contributed by atoms with E-state index >= 15 is 0 Å². The number of carbonyl (C=O) groups is 1. The predicted molar refractivity (Wildman–Crippen MR) is 123 cm³/mol. The number of rotatable bonds is 5. The van der Waals surface area contributed by atoms with Gasteiger partial charge in [-0.15, -0.1) is 0 Å². The van der Waals surface area contributed by atoms with Gasteiger partial charge in [0.2, 0.25) is 15.9 Å². The molecule has 0 spiro atoms. The van der Waals surface area contributed by atoms with E-state index in [1.807, 2.05) is 4.90 Å². The fourth-order valence-electron chi connectivity index (χ4n) is 4.82. The average molecular weight is 463 g/mol. The molecule has 1 aliphatic carbocycles. The molecule has 9 heteroatoms. The van der Waals surface area contributed by atoms with Crippen molar-refractivity contribution in [2.75, 3.05) is 57.4 Å². The summed E-state index contributed by atoms with van der Waals surface area (Å²) in [4.78, 5) is 21.8. The summed E-state index contributed by atoms with van der Waals surface area (Å²) in [6.45, 7) is 12.8. The maximum Gasteiger partial charge on any atom is 0.244 e. The minimum atomic E-state index is -3.54. The van der Waals surface area contributed by atoms with Gasteiger partial charge in [-0.3, -0.25) is 4.79 Å². The third-order valence-corrected chi connectivity index (χ3v) is 8.82. The van der Waals surface area contributed by atoms with Crippen LogP contribution in [0.5, 0.6) is 0 Å². The number of piperazine rings is 1. The van der Waals surface area contributed by atoms with E-state index in [0.717, 1.165) is 5.82 Å². The number of nitrogens with zero attached hydrogens (tertiary/aromatic N) is 4. The van der Waals surface area contributed by atoms with E-state index in [-0.39, 0.29) is 22.1 Å². The Kier molecular flexibility index (Phi) is 6.35. The van der Waals surface area contributed by atoms with Crippen LogP contribution in [0.4, 0.5) is 5.82 Å². The van der Waals surface area contributed by atoms with Crippen molar-refractivity contribution in [1.82, 2.24) is 14.2 Å². The Labute approximate surface area is 191 Å². The molecule has 1 aromatic heterocycles. The molecule has 1 aromatic rings. The fraction of sp³-hybridized carbons (Fsp3) is 0.652. The van der Waals surface area contributed by atoms with Crippen molar-refractivity contribution >= 4 is 21.7 Å². The maximum absolute atomic E-state index is 13.1. The van der Waals surface area contributed by atoms with Crippen molar-refractivity contribution in [3.05, 3.63) is 30.0 Å². The van der Waals surface area contributed by atoms with Gasteiger partial charge in [0.1, 0.15) is 10.7 Å². The van der Waals surface area contributed by atoms with E-state index in [2.05, 4.69) is 43.7 Å². The Balaban J connectivity index is 1.36. The monoisotopic (exact) mass is 462 g/mol. The first kappa shape index (κ1) is 23.2. The van der Waals surface area contributed by atoms with Crippen LogP contribution in [-0.4, -0.2) is 81.0 Å². The molecule has 0 bridgehead atoms. The first-order valence-electron chi connectivity index (χ1n) is 11.3. The third kappa shape index (κ3) is 4.43. The van der Waals surface area contributed by atoms with E-state index < -0.39 is 10.0 Å². The zero-order valence-corrected chi connectivity index (χ0v) is 20.3. The molecule has 0 radical (unpaired) electrons. The zero-order valence-electron chi connectivity index (χ0n) is 19.5. The summed E-state index contributed by atoms with van der Waals surface area (Å²) < 4.78 is 32.2. The summed E-state index contributed by atoms with van der Waals surface area (Å²) in [7, 11) is -3.54. The first-order valence-corrected chi connectivity index (χ1v) is 12.8. The second kappa shape index (κ2) is 8.76. The van der Waals surface area contributed by atoms with Crippen LogP contribution in [0.15, 0.2) is 34.9 Å². The lowest BCUT2D eigenvalue weighted by atomic mass is 10.1. The van der Waals surface area contributed by atoms with Crippen LogP contribution >= 0.6 is 0 Å². The summed E-state index contributed by atoms with van der Waals surface area (Å²) >= 11 is 0. The number of morpholine rings is 1. The van der Waals surface area contributed by atoms with Gasteiger partial charge >= 0.3 is 0 Å². The number of hydrogen-bond donors (Lipinski definition) is 0. The van der Waals surface area contributed by atoms with Crippen LogP contribution in [0.1, 0.15) is 27.7 Å². The number of anilines is 1. The van der Waals surface area contributed by atoms with Gasteiger partial charge in [0, 0.05) is 45.5 Å². The quantitative estimate of drug-likeness (QED) is 0.623. The molecule has 1 amide bonds. The lowest BCUT2D eigenvalue weighted by Crippen LogP contribution is -2.49. The number of carbonyl (C=O) groups excluding carboxylic acids is 1. The minimum Gasteiger partial charge on any atom is -0.379 e. The lowest BCUT2D eigenvalue weighted by Gasteiger charge is -2.36. The number of pyridine rings is 1. The summed E-state index contributed by atoms with van der Waals surface area (Å²) in [6.07, 6.45) is 3.67. The molecule has 8 nitrogen and oxygen atoms in total. The van der Waals surface area contributed by atoms with Crippen molar-refractivity contribution in [1.29, 1.82) is 0 Å². The smallest absolute Gasteiger partial charge is 0.244 e. The van der Waals surface area contributed by atoms with Gasteiger partial charge in [-0.25, -0.2) is 13.4 Å². The Morgan fingerprint density at radius 1 is 1.09 bits per heavy atom. The molecule has 2 saturated heterocycles. The van der Waals surface area contributed by atoms with E-state index in [9.17, 15) is 13.2 Å². The molecule has 3 aliphatic rings. The minimum absolute atomic E-state index is 0.0227.